The van der Waals surface area contributed by atoms with Crippen LogP contribution in [0.15, 0.2) is 36.4 Å². The van der Waals surface area contributed by atoms with Gasteiger partial charge >= 0.3 is 11.9 Å². The van der Waals surface area contributed by atoms with Crippen LogP contribution in [0.1, 0.15) is 88.2 Å². The number of fused-ring (bicyclic) bond motifs is 2. The topological polar surface area (TPSA) is 163 Å². The highest BCUT2D eigenvalue weighted by Gasteiger charge is 2.39. The first-order valence-electron chi connectivity index (χ1n) is 11.6. The molecule has 2 aromatic carbocycles. The quantitative estimate of drug-likeness (QED) is 0.165. The van der Waals surface area contributed by atoms with Gasteiger partial charge in [0.05, 0.1) is 22.8 Å². The van der Waals surface area contributed by atoms with Crippen molar-refractivity contribution in [3.8, 4) is 0 Å². The van der Waals surface area contributed by atoms with Gasteiger partial charge in [-0.1, -0.05) is 24.3 Å². The number of hydrogen-bond donors (Lipinski definition) is 1. The van der Waals surface area contributed by atoms with E-state index in [4.69, 9.17) is 9.47 Å². The third-order valence-corrected chi connectivity index (χ3v) is 6.28. The molecule has 0 bridgehead atoms. The number of aryl methyl sites for hydroxylation is 1. The van der Waals surface area contributed by atoms with Crippen molar-refractivity contribution >= 4 is 35.0 Å². The summed E-state index contributed by atoms with van der Waals surface area (Å²) in [6.45, 7) is 6.17. The van der Waals surface area contributed by atoms with Crippen molar-refractivity contribution in [2.45, 2.75) is 33.8 Å². The summed E-state index contributed by atoms with van der Waals surface area (Å²) in [5, 5.41) is 12.0. The van der Waals surface area contributed by atoms with E-state index in [2.05, 4.69) is 4.98 Å². The number of H-pyrrole nitrogens is 1. The molecule has 0 radical (unpaired) electrons. The predicted molar refractivity (Wildman–Crippen MR) is 132 cm³/mol. The standard InChI is InChI=1S/C27H22N2O9/c1-5-37-27(34)19-12(2)21(28-13(19)3)23(30)14(4)38-26(33)18-11-10-17-20(22(18)29(35)36)25(32)16-9-7-6-8-15(16)24(17)31/h6-11,14,28H,5H2,1-4H3. The van der Waals surface area contributed by atoms with Crippen molar-refractivity contribution in [2.75, 3.05) is 6.61 Å². The average Bonchev–Trinajstić information content (AvgIpc) is 3.19. The van der Waals surface area contributed by atoms with Crippen LogP contribution in [0.2, 0.25) is 0 Å². The zero-order valence-electron chi connectivity index (χ0n) is 20.9. The van der Waals surface area contributed by atoms with E-state index in [0.717, 1.165) is 12.1 Å². The van der Waals surface area contributed by atoms with Gasteiger partial charge in [0, 0.05) is 22.4 Å². The van der Waals surface area contributed by atoms with E-state index in [0.29, 0.717) is 11.3 Å². The number of rotatable bonds is 7. The van der Waals surface area contributed by atoms with Crippen molar-refractivity contribution in [1.82, 2.24) is 4.98 Å². The van der Waals surface area contributed by atoms with E-state index in [1.807, 2.05) is 0 Å². The number of carbonyl (C=O) groups excluding carboxylic acids is 5. The maximum atomic E-state index is 13.1. The van der Waals surface area contributed by atoms with Crippen molar-refractivity contribution in [1.29, 1.82) is 0 Å². The molecule has 0 aliphatic heterocycles. The monoisotopic (exact) mass is 518 g/mol. The molecule has 1 unspecified atom stereocenters. The Balaban J connectivity index is 1.68. The predicted octanol–water partition coefficient (Wildman–Crippen LogP) is 3.92. The molecule has 0 spiro atoms. The Kier molecular flexibility index (Phi) is 6.77. The normalized spacial score (nSPS) is 12.8. The lowest BCUT2D eigenvalue weighted by Crippen LogP contribution is -2.27. The van der Waals surface area contributed by atoms with Crippen molar-refractivity contribution in [3.63, 3.8) is 0 Å². The molecule has 1 aliphatic rings. The van der Waals surface area contributed by atoms with Crippen molar-refractivity contribution in [3.05, 3.63) is 96.8 Å². The molecular weight excluding hydrogens is 496 g/mol. The molecule has 11 heteroatoms. The van der Waals surface area contributed by atoms with Gasteiger partial charge in [-0.2, -0.15) is 0 Å². The first kappa shape index (κ1) is 26.1. The molecule has 0 saturated heterocycles. The van der Waals surface area contributed by atoms with Crippen LogP contribution in [0.25, 0.3) is 0 Å². The number of nitrogens with one attached hydrogen (secondary N) is 1. The minimum Gasteiger partial charge on any atom is -0.462 e. The Morgan fingerprint density at radius 3 is 2.21 bits per heavy atom. The third-order valence-electron chi connectivity index (χ3n) is 6.28. The SMILES string of the molecule is CCOC(=O)c1c(C)[nH]c(C(=O)C(C)OC(=O)c2ccc3c(c2[N+](=O)[O-])C(=O)c2ccccc2C3=O)c1C. The van der Waals surface area contributed by atoms with Gasteiger partial charge in [0.25, 0.3) is 5.69 Å². The number of hydrogen-bond acceptors (Lipinski definition) is 9. The first-order chi connectivity index (χ1) is 18.0. The fourth-order valence-electron chi connectivity index (χ4n) is 4.51. The fraction of sp³-hybridized carbons (Fsp3) is 0.222. The van der Waals surface area contributed by atoms with Gasteiger partial charge in [0.2, 0.25) is 11.6 Å². The maximum Gasteiger partial charge on any atom is 0.345 e. The summed E-state index contributed by atoms with van der Waals surface area (Å²) in [6.07, 6.45) is -1.41. The molecule has 1 N–H and O–H groups in total. The Morgan fingerprint density at radius 1 is 0.974 bits per heavy atom. The summed E-state index contributed by atoms with van der Waals surface area (Å²) < 4.78 is 10.3. The number of nitro benzene ring substituents is 1. The molecule has 38 heavy (non-hydrogen) atoms. The number of nitrogens with zero attached hydrogens (tertiary/aromatic N) is 1. The molecular formula is C27H22N2O9. The Morgan fingerprint density at radius 2 is 1.61 bits per heavy atom. The van der Waals surface area contributed by atoms with Crippen molar-refractivity contribution < 1.29 is 38.4 Å². The highest BCUT2D eigenvalue weighted by Crippen LogP contribution is 2.36. The van der Waals surface area contributed by atoms with Gasteiger partial charge in [-0.3, -0.25) is 24.5 Å². The Hall–Kier alpha value is -4.93. The van der Waals surface area contributed by atoms with Crippen LogP contribution in [-0.4, -0.2) is 51.9 Å². The van der Waals surface area contributed by atoms with E-state index in [9.17, 15) is 34.1 Å². The number of aromatic amines is 1. The smallest absolute Gasteiger partial charge is 0.345 e. The molecule has 11 nitrogen and oxygen atoms in total. The zero-order chi connectivity index (χ0) is 27.9. The lowest BCUT2D eigenvalue weighted by molar-refractivity contribution is -0.385. The molecule has 4 rings (SSSR count). The van der Waals surface area contributed by atoms with E-state index >= 15 is 0 Å². The number of aromatic nitrogens is 1. The summed E-state index contributed by atoms with van der Waals surface area (Å²) in [5.74, 6) is -3.89. The second-order valence-corrected chi connectivity index (χ2v) is 8.60. The molecule has 0 amide bonds. The number of ketones is 3. The van der Waals surface area contributed by atoms with Gasteiger partial charge in [-0.05, 0) is 45.4 Å². The molecule has 194 valence electrons. The molecule has 3 aromatic rings. The van der Waals surface area contributed by atoms with Crippen LogP contribution >= 0.6 is 0 Å². The molecule has 1 aliphatic carbocycles. The van der Waals surface area contributed by atoms with E-state index in [1.165, 1.54) is 32.0 Å². The largest absolute Gasteiger partial charge is 0.462 e. The Labute approximate surface area is 215 Å². The first-order valence-corrected chi connectivity index (χ1v) is 11.6. The summed E-state index contributed by atoms with van der Waals surface area (Å²) in [4.78, 5) is 78.3. The maximum absolute atomic E-state index is 13.1. The molecule has 0 saturated carbocycles. The molecule has 1 atom stereocenters. The summed E-state index contributed by atoms with van der Waals surface area (Å²) in [7, 11) is 0. The van der Waals surface area contributed by atoms with Gasteiger partial charge < -0.3 is 14.5 Å². The van der Waals surface area contributed by atoms with Crippen LogP contribution < -0.4 is 0 Å². The zero-order valence-corrected chi connectivity index (χ0v) is 20.9. The minimum absolute atomic E-state index is 0.0165. The average molecular weight is 518 g/mol. The van der Waals surface area contributed by atoms with E-state index in [1.54, 1.807) is 19.9 Å². The third kappa shape index (κ3) is 4.17. The summed E-state index contributed by atoms with van der Waals surface area (Å²) >= 11 is 0. The number of nitro groups is 1. The van der Waals surface area contributed by atoms with Crippen LogP contribution in [0.3, 0.4) is 0 Å². The fourth-order valence-corrected chi connectivity index (χ4v) is 4.51. The molecule has 1 heterocycles. The van der Waals surface area contributed by atoms with Gasteiger partial charge in [-0.25, -0.2) is 9.59 Å². The minimum atomic E-state index is -1.41. The van der Waals surface area contributed by atoms with E-state index in [-0.39, 0.29) is 34.6 Å². The number of esters is 2. The number of Topliss-reactive ketones (excluding diaryl/α,β-unsaturated/α-hetero) is 1. The van der Waals surface area contributed by atoms with Crippen LogP contribution in [0, 0.1) is 24.0 Å². The summed E-state index contributed by atoms with van der Waals surface area (Å²) in [5.41, 5.74) is -1.20. The number of benzene rings is 2. The van der Waals surface area contributed by atoms with Crippen LogP contribution in [0.5, 0.6) is 0 Å². The van der Waals surface area contributed by atoms with Gasteiger partial charge in [0.15, 0.2) is 11.9 Å². The van der Waals surface area contributed by atoms with Crippen LogP contribution in [0.4, 0.5) is 5.69 Å². The lowest BCUT2D eigenvalue weighted by Gasteiger charge is -2.18. The Bertz CT molecular complexity index is 1560. The molecule has 0 fully saturated rings. The second-order valence-electron chi connectivity index (χ2n) is 8.60. The van der Waals surface area contributed by atoms with Gasteiger partial charge in [0.1, 0.15) is 11.1 Å². The van der Waals surface area contributed by atoms with Crippen LogP contribution in [-0.2, 0) is 9.47 Å². The lowest BCUT2D eigenvalue weighted by atomic mass is 9.82. The highest BCUT2D eigenvalue weighted by atomic mass is 16.6. The highest BCUT2D eigenvalue weighted by molar-refractivity contribution is 6.30. The molecule has 1 aromatic heterocycles. The summed E-state index contributed by atoms with van der Waals surface area (Å²) in [6, 6.07) is 8.08. The van der Waals surface area contributed by atoms with Gasteiger partial charge in [-0.15, -0.1) is 0 Å². The van der Waals surface area contributed by atoms with E-state index < -0.39 is 57.1 Å². The number of ether oxygens (including phenoxy) is 2. The second kappa shape index (κ2) is 9.85. The number of carbonyl (C=O) groups is 5. The van der Waals surface area contributed by atoms with Crippen molar-refractivity contribution in [2.24, 2.45) is 0 Å².